The first-order chi connectivity index (χ1) is 17.4. The molecule has 3 rings (SSSR count). The van der Waals surface area contributed by atoms with Crippen molar-refractivity contribution in [2.24, 2.45) is 5.92 Å². The molecule has 0 aliphatic carbocycles. The Balaban J connectivity index is 1.63. The van der Waals surface area contributed by atoms with Gasteiger partial charge in [0.1, 0.15) is 17.3 Å². The predicted molar refractivity (Wildman–Crippen MR) is 134 cm³/mol. The number of nitrogens with zero attached hydrogens (tertiary/aromatic N) is 2. The van der Waals surface area contributed by atoms with Crippen molar-refractivity contribution >= 4 is 35.1 Å². The van der Waals surface area contributed by atoms with Gasteiger partial charge in [0.15, 0.2) is 0 Å². The Morgan fingerprint density at radius 3 is 2.51 bits per heavy atom. The summed E-state index contributed by atoms with van der Waals surface area (Å²) in [7, 11) is 0. The number of halogens is 4. The molecule has 7 nitrogen and oxygen atoms in total. The summed E-state index contributed by atoms with van der Waals surface area (Å²) in [5, 5.41) is 11.5. The lowest BCUT2D eigenvalue weighted by Gasteiger charge is -2.20. The predicted octanol–water partition coefficient (Wildman–Crippen LogP) is 7.26. The van der Waals surface area contributed by atoms with E-state index < -0.39 is 28.8 Å². The number of hydrogen-bond acceptors (Lipinski definition) is 4. The van der Waals surface area contributed by atoms with Crippen LogP contribution in [0.25, 0.3) is 0 Å². The Bertz CT molecular complexity index is 1270. The Labute approximate surface area is 216 Å². The van der Waals surface area contributed by atoms with E-state index in [0.717, 1.165) is 22.6 Å². The van der Waals surface area contributed by atoms with Crippen molar-refractivity contribution in [3.05, 3.63) is 76.9 Å². The molecule has 3 aromatic rings. The van der Waals surface area contributed by atoms with Crippen LogP contribution in [-0.2, 0) is 17.4 Å². The lowest BCUT2D eigenvalue weighted by Crippen LogP contribution is -2.33. The van der Waals surface area contributed by atoms with E-state index in [2.05, 4.69) is 10.3 Å². The third-order valence-corrected chi connectivity index (χ3v) is 5.43. The van der Waals surface area contributed by atoms with Crippen LogP contribution < -0.4 is 15.0 Å². The second-order valence-electron chi connectivity index (χ2n) is 8.63. The normalized spacial score (nSPS) is 11.3. The molecule has 196 valence electrons. The van der Waals surface area contributed by atoms with Crippen molar-refractivity contribution in [1.82, 2.24) is 4.98 Å². The number of nitrogens with one attached hydrogen (secondary N) is 1. The first-order valence-electron chi connectivity index (χ1n) is 11.3. The molecule has 2 N–H and O–H groups in total. The summed E-state index contributed by atoms with van der Waals surface area (Å²) in [4.78, 5) is 29.2. The van der Waals surface area contributed by atoms with Crippen molar-refractivity contribution in [1.29, 1.82) is 0 Å². The molecule has 0 bridgehead atoms. The second-order valence-corrected chi connectivity index (χ2v) is 9.03. The standard InChI is InChI=1S/C26H25ClF3N3O4/c1-16(2)15-33(25(35)36)23-14-20(10-11-31-23)37-19-5-3-4-17(12-19)6-9-24(34)32-18-7-8-22(27)21(13-18)26(28,29)30/h3-5,7-8,10-14,16H,6,9,15H2,1-2H3,(H,32,34)(H,35,36). The van der Waals surface area contributed by atoms with Gasteiger partial charge >= 0.3 is 12.3 Å². The van der Waals surface area contributed by atoms with Crippen molar-refractivity contribution in [3.63, 3.8) is 0 Å². The molecule has 2 amide bonds. The molecule has 0 radical (unpaired) electrons. The van der Waals surface area contributed by atoms with Crippen molar-refractivity contribution in [3.8, 4) is 11.5 Å². The van der Waals surface area contributed by atoms with E-state index in [0.29, 0.717) is 17.9 Å². The molecule has 0 fully saturated rings. The maximum Gasteiger partial charge on any atom is 0.417 e. The van der Waals surface area contributed by atoms with Crippen LogP contribution >= 0.6 is 11.6 Å². The van der Waals surface area contributed by atoms with Crippen LogP contribution in [0.15, 0.2) is 60.8 Å². The van der Waals surface area contributed by atoms with E-state index in [1.54, 1.807) is 30.3 Å². The number of alkyl halides is 3. The molecule has 0 aliphatic rings. The molecular weight excluding hydrogens is 511 g/mol. The summed E-state index contributed by atoms with van der Waals surface area (Å²) in [6.07, 6.45) is -3.96. The lowest BCUT2D eigenvalue weighted by molar-refractivity contribution is -0.137. The van der Waals surface area contributed by atoms with E-state index in [1.165, 1.54) is 18.3 Å². The summed E-state index contributed by atoms with van der Waals surface area (Å²) in [5.74, 6) is 0.732. The summed E-state index contributed by atoms with van der Waals surface area (Å²) in [6.45, 7) is 4.07. The van der Waals surface area contributed by atoms with Crippen LogP contribution in [0.5, 0.6) is 11.5 Å². The van der Waals surface area contributed by atoms with Gasteiger partial charge in [-0.2, -0.15) is 13.2 Å². The Morgan fingerprint density at radius 1 is 1.11 bits per heavy atom. The maximum absolute atomic E-state index is 13.0. The fourth-order valence-electron chi connectivity index (χ4n) is 3.45. The smallest absolute Gasteiger partial charge is 0.417 e. The molecule has 0 unspecified atom stereocenters. The minimum atomic E-state index is -4.63. The number of amides is 2. The third kappa shape index (κ3) is 8.11. The van der Waals surface area contributed by atoms with Crippen molar-refractivity contribution in [2.45, 2.75) is 32.9 Å². The number of carboxylic acid groups (broad SMARTS) is 1. The van der Waals surface area contributed by atoms with Crippen molar-refractivity contribution in [2.75, 3.05) is 16.8 Å². The number of carbonyl (C=O) groups excluding carboxylic acids is 1. The fourth-order valence-corrected chi connectivity index (χ4v) is 3.67. The minimum absolute atomic E-state index is 0.000159. The number of aromatic nitrogens is 1. The summed E-state index contributed by atoms with van der Waals surface area (Å²) in [5.41, 5.74) is -0.257. The molecule has 1 aromatic heterocycles. The largest absolute Gasteiger partial charge is 0.465 e. The topological polar surface area (TPSA) is 91.8 Å². The van der Waals surface area contributed by atoms with E-state index in [-0.39, 0.29) is 30.4 Å². The Hall–Kier alpha value is -3.79. The van der Waals surface area contributed by atoms with Crippen LogP contribution in [-0.4, -0.2) is 28.6 Å². The quantitative estimate of drug-likeness (QED) is 0.301. The van der Waals surface area contributed by atoms with Crippen LogP contribution in [0.4, 0.5) is 29.5 Å². The van der Waals surface area contributed by atoms with Crippen LogP contribution in [0, 0.1) is 5.92 Å². The molecule has 1 heterocycles. The Morgan fingerprint density at radius 2 is 1.84 bits per heavy atom. The van der Waals surface area contributed by atoms with Gasteiger partial charge in [0.05, 0.1) is 10.6 Å². The molecule has 0 saturated carbocycles. The first kappa shape index (κ1) is 27.8. The summed E-state index contributed by atoms with van der Waals surface area (Å²) >= 11 is 5.61. The highest BCUT2D eigenvalue weighted by Crippen LogP contribution is 2.36. The molecule has 37 heavy (non-hydrogen) atoms. The number of anilines is 2. The first-order valence-corrected chi connectivity index (χ1v) is 11.7. The molecule has 0 saturated heterocycles. The van der Waals surface area contributed by atoms with Crippen LogP contribution in [0.2, 0.25) is 5.02 Å². The van der Waals surface area contributed by atoms with Gasteiger partial charge in [-0.1, -0.05) is 37.6 Å². The number of aryl methyl sites for hydroxylation is 1. The van der Waals surface area contributed by atoms with Gasteiger partial charge in [-0.25, -0.2) is 9.78 Å². The van der Waals surface area contributed by atoms with Crippen molar-refractivity contribution < 1.29 is 32.6 Å². The maximum atomic E-state index is 13.0. The molecular formula is C26H25ClF3N3O4. The van der Waals surface area contributed by atoms with Gasteiger partial charge < -0.3 is 15.2 Å². The molecule has 0 atom stereocenters. The zero-order chi connectivity index (χ0) is 27.2. The Kier molecular flexibility index (Phi) is 8.99. The van der Waals surface area contributed by atoms with Gasteiger partial charge in [-0.3, -0.25) is 9.69 Å². The van der Waals surface area contributed by atoms with Crippen LogP contribution in [0.3, 0.4) is 0 Å². The highest BCUT2D eigenvalue weighted by molar-refractivity contribution is 6.31. The van der Waals surface area contributed by atoms with Gasteiger partial charge in [0, 0.05) is 30.9 Å². The van der Waals surface area contributed by atoms with E-state index in [1.807, 2.05) is 13.8 Å². The molecule has 0 aliphatic heterocycles. The summed E-state index contributed by atoms with van der Waals surface area (Å²) in [6, 6.07) is 13.3. The highest BCUT2D eigenvalue weighted by Gasteiger charge is 2.33. The van der Waals surface area contributed by atoms with Gasteiger partial charge in [0.25, 0.3) is 0 Å². The van der Waals surface area contributed by atoms with Gasteiger partial charge in [0.2, 0.25) is 5.91 Å². The van der Waals surface area contributed by atoms with E-state index >= 15 is 0 Å². The number of ether oxygens (including phenoxy) is 1. The SMILES string of the molecule is CC(C)CN(C(=O)O)c1cc(Oc2cccc(CCC(=O)Nc3ccc(Cl)c(C(F)(F)F)c3)c2)ccn1. The minimum Gasteiger partial charge on any atom is -0.465 e. The average Bonchev–Trinajstić information content (AvgIpc) is 2.82. The average molecular weight is 536 g/mol. The molecule has 2 aromatic carbocycles. The van der Waals surface area contributed by atoms with E-state index in [4.69, 9.17) is 16.3 Å². The third-order valence-electron chi connectivity index (χ3n) is 5.10. The molecule has 0 spiro atoms. The fraction of sp³-hybridized carbons (Fsp3) is 0.269. The number of carbonyl (C=O) groups is 2. The zero-order valence-electron chi connectivity index (χ0n) is 20.1. The zero-order valence-corrected chi connectivity index (χ0v) is 20.8. The van der Waals surface area contributed by atoms with Gasteiger partial charge in [-0.15, -0.1) is 0 Å². The van der Waals surface area contributed by atoms with Crippen LogP contribution in [0.1, 0.15) is 31.4 Å². The summed E-state index contributed by atoms with van der Waals surface area (Å²) < 4.78 is 45.0. The van der Waals surface area contributed by atoms with E-state index in [9.17, 15) is 27.9 Å². The number of benzene rings is 2. The van der Waals surface area contributed by atoms with Gasteiger partial charge in [-0.05, 0) is 54.3 Å². The monoisotopic (exact) mass is 535 g/mol. The number of rotatable bonds is 9. The molecule has 11 heteroatoms. The second kappa shape index (κ2) is 12.0. The number of hydrogen-bond donors (Lipinski definition) is 2. The number of pyridine rings is 1. The lowest BCUT2D eigenvalue weighted by atomic mass is 10.1. The highest BCUT2D eigenvalue weighted by atomic mass is 35.5.